The lowest BCUT2D eigenvalue weighted by atomic mass is 10.2. The number of rotatable bonds is 5. The third-order valence-corrected chi connectivity index (χ3v) is 4.23. The van der Waals surface area contributed by atoms with E-state index in [0.717, 1.165) is 11.3 Å². The van der Waals surface area contributed by atoms with E-state index in [1.54, 1.807) is 19.2 Å². The van der Waals surface area contributed by atoms with Gasteiger partial charge in [0.2, 0.25) is 0 Å². The Morgan fingerprint density at radius 2 is 1.55 bits per heavy atom. The number of benzene rings is 2. The van der Waals surface area contributed by atoms with Crippen LogP contribution >= 0.6 is 0 Å². The molecule has 5 heteroatoms. The highest BCUT2D eigenvalue weighted by Crippen LogP contribution is 2.17. The van der Waals surface area contributed by atoms with Gasteiger partial charge in [0.05, 0.1) is 7.11 Å². The fourth-order valence-corrected chi connectivity index (χ4v) is 2.45. The minimum absolute atomic E-state index is 0.161. The Morgan fingerprint density at radius 3 is 2.09 bits per heavy atom. The third kappa shape index (κ3) is 4.70. The summed E-state index contributed by atoms with van der Waals surface area (Å²) in [7, 11) is 1.79. The van der Waals surface area contributed by atoms with Gasteiger partial charge in [-0.2, -0.15) is 0 Å². The number of methoxy groups -OCH3 is 1. The molecule has 0 fully saturated rings. The van der Waals surface area contributed by atoms with Gasteiger partial charge in [0.1, 0.15) is 30.6 Å². The van der Waals surface area contributed by atoms with Crippen LogP contribution in [-0.2, 0) is 22.2 Å². The van der Waals surface area contributed by atoms with Crippen LogP contribution in [0.25, 0.3) is 0 Å². The molecule has 116 valence electrons. The van der Waals surface area contributed by atoms with Crippen LogP contribution in [0.4, 0.5) is 4.79 Å². The monoisotopic (exact) mass is 319 g/mol. The Hall–Kier alpha value is -2.14. The molecule has 0 N–H and O–H groups in total. The Kier molecular flexibility index (Phi) is 5.72. The second kappa shape index (κ2) is 7.75. The zero-order valence-electron chi connectivity index (χ0n) is 12.9. The highest BCUT2D eigenvalue weighted by molar-refractivity contribution is 7.95. The van der Waals surface area contributed by atoms with E-state index in [9.17, 15) is 4.79 Å². The van der Waals surface area contributed by atoms with E-state index in [1.165, 1.54) is 4.90 Å². The van der Waals surface area contributed by atoms with Crippen LogP contribution in [0.2, 0.25) is 0 Å². The van der Waals surface area contributed by atoms with Crippen LogP contribution in [0.3, 0.4) is 0 Å². The van der Waals surface area contributed by atoms with Crippen molar-refractivity contribution in [2.75, 3.05) is 19.6 Å². The van der Waals surface area contributed by atoms with Crippen molar-refractivity contribution in [3.05, 3.63) is 54.1 Å². The minimum Gasteiger partial charge on any atom is -0.497 e. The van der Waals surface area contributed by atoms with Gasteiger partial charge in [0.25, 0.3) is 0 Å². The molecule has 0 heterocycles. The fourth-order valence-electron chi connectivity index (χ4n) is 1.77. The van der Waals surface area contributed by atoms with Gasteiger partial charge in [-0.25, -0.2) is 4.79 Å². The van der Waals surface area contributed by atoms with Crippen LogP contribution in [0.15, 0.2) is 53.4 Å². The molecule has 4 nitrogen and oxygen atoms in total. The highest BCUT2D eigenvalue weighted by Gasteiger charge is 2.10. The van der Waals surface area contributed by atoms with Gasteiger partial charge in [-0.05, 0) is 42.0 Å². The number of hydrogen-bond donors (Lipinski definition) is 0. The highest BCUT2D eigenvalue weighted by atomic mass is 32.2. The van der Waals surface area contributed by atoms with Gasteiger partial charge in [-0.1, -0.05) is 12.1 Å². The zero-order chi connectivity index (χ0) is 15.9. The standard InChI is InChI=1S/C17H19O4S/c1-19-14-6-4-13(5-7-14)12-20-17(18)21-15-8-10-16(11-9-15)22(2)3/h4-11H,12H2,1-3H3/q+1. The van der Waals surface area contributed by atoms with Gasteiger partial charge in [-0.15, -0.1) is 0 Å². The van der Waals surface area contributed by atoms with Crippen LogP contribution in [0.1, 0.15) is 5.56 Å². The van der Waals surface area contributed by atoms with Gasteiger partial charge in [0.15, 0.2) is 4.90 Å². The molecule has 0 spiro atoms. The summed E-state index contributed by atoms with van der Waals surface area (Å²) in [5, 5.41) is 0. The zero-order valence-corrected chi connectivity index (χ0v) is 13.7. The van der Waals surface area contributed by atoms with Crippen molar-refractivity contribution in [1.29, 1.82) is 0 Å². The molecule has 0 amide bonds. The van der Waals surface area contributed by atoms with Crippen molar-refractivity contribution in [2.24, 2.45) is 0 Å². The maximum atomic E-state index is 11.7. The molecule has 0 aromatic heterocycles. The summed E-state index contributed by atoms with van der Waals surface area (Å²) in [4.78, 5) is 12.9. The Labute approximate surface area is 133 Å². The minimum atomic E-state index is -0.712. The van der Waals surface area contributed by atoms with Crippen LogP contribution in [0.5, 0.6) is 11.5 Å². The van der Waals surface area contributed by atoms with E-state index in [4.69, 9.17) is 14.2 Å². The predicted octanol–water partition coefficient (Wildman–Crippen LogP) is 3.65. The lowest BCUT2D eigenvalue weighted by molar-refractivity contribution is 0.0927. The smallest absolute Gasteiger partial charge is 0.497 e. The largest absolute Gasteiger partial charge is 0.514 e. The molecule has 0 aliphatic heterocycles. The Balaban J connectivity index is 1.84. The maximum absolute atomic E-state index is 11.7. The van der Waals surface area contributed by atoms with Crippen LogP contribution < -0.4 is 9.47 Å². The molecule has 0 aliphatic rings. The van der Waals surface area contributed by atoms with Gasteiger partial charge < -0.3 is 14.2 Å². The first-order valence-electron chi connectivity index (χ1n) is 6.73. The quantitative estimate of drug-likeness (QED) is 0.479. The summed E-state index contributed by atoms with van der Waals surface area (Å²) in [5.74, 6) is 1.24. The average Bonchev–Trinajstić information content (AvgIpc) is 2.54. The molecular weight excluding hydrogens is 300 g/mol. The van der Waals surface area contributed by atoms with E-state index in [2.05, 4.69) is 12.5 Å². The molecule has 0 saturated carbocycles. The fraction of sp³-hybridized carbons (Fsp3) is 0.235. The molecule has 0 radical (unpaired) electrons. The van der Waals surface area contributed by atoms with Gasteiger partial charge in [0, 0.05) is 10.9 Å². The Bertz CT molecular complexity index is 606. The first-order valence-corrected chi connectivity index (χ1v) is 8.78. The normalized spacial score (nSPS) is 10.4. The van der Waals surface area contributed by atoms with Crippen molar-refractivity contribution in [3.8, 4) is 11.5 Å². The third-order valence-electron chi connectivity index (χ3n) is 3.01. The lowest BCUT2D eigenvalue weighted by Gasteiger charge is -2.07. The maximum Gasteiger partial charge on any atom is 0.514 e. The van der Waals surface area contributed by atoms with Gasteiger partial charge in [-0.3, -0.25) is 0 Å². The van der Waals surface area contributed by atoms with E-state index in [1.807, 2.05) is 36.4 Å². The number of carbonyl (C=O) groups excluding carboxylic acids is 1. The first-order chi connectivity index (χ1) is 10.6. The predicted molar refractivity (Wildman–Crippen MR) is 87.7 cm³/mol. The second-order valence-corrected chi connectivity index (χ2v) is 6.88. The summed E-state index contributed by atoms with van der Waals surface area (Å²) in [5.41, 5.74) is 0.870. The first kappa shape index (κ1) is 16.2. The topological polar surface area (TPSA) is 44.8 Å². The van der Waals surface area contributed by atoms with Crippen molar-refractivity contribution in [3.63, 3.8) is 0 Å². The molecule has 0 saturated heterocycles. The van der Waals surface area contributed by atoms with E-state index in [0.29, 0.717) is 5.75 Å². The molecule has 0 atom stereocenters. The summed E-state index contributed by atoms with van der Waals surface area (Å²) in [6, 6.07) is 14.8. The SMILES string of the molecule is COc1ccc(COC(=O)Oc2ccc([S+](C)C)cc2)cc1. The van der Waals surface area contributed by atoms with E-state index in [-0.39, 0.29) is 17.5 Å². The molecule has 0 aliphatic carbocycles. The molecule has 2 rings (SSSR count). The number of ether oxygens (including phenoxy) is 3. The summed E-state index contributed by atoms with van der Waals surface area (Å²) >= 11 is 0. The second-order valence-electron chi connectivity index (χ2n) is 4.78. The molecule has 2 aromatic carbocycles. The summed E-state index contributed by atoms with van der Waals surface area (Å²) in [6.45, 7) is 0.161. The summed E-state index contributed by atoms with van der Waals surface area (Å²) in [6.07, 6.45) is 3.56. The molecule has 22 heavy (non-hydrogen) atoms. The molecule has 0 bridgehead atoms. The average molecular weight is 319 g/mol. The van der Waals surface area contributed by atoms with E-state index >= 15 is 0 Å². The molecule has 0 unspecified atom stereocenters. The van der Waals surface area contributed by atoms with Crippen molar-refractivity contribution >= 4 is 17.1 Å². The Morgan fingerprint density at radius 1 is 0.955 bits per heavy atom. The number of hydrogen-bond acceptors (Lipinski definition) is 4. The number of carbonyl (C=O) groups is 1. The van der Waals surface area contributed by atoms with Crippen molar-refractivity contribution in [2.45, 2.75) is 11.5 Å². The lowest BCUT2D eigenvalue weighted by Crippen LogP contribution is -2.10. The molecule has 2 aromatic rings. The van der Waals surface area contributed by atoms with Crippen molar-refractivity contribution in [1.82, 2.24) is 0 Å². The van der Waals surface area contributed by atoms with Crippen LogP contribution in [-0.4, -0.2) is 25.8 Å². The summed E-state index contributed by atoms with van der Waals surface area (Å²) < 4.78 is 15.3. The van der Waals surface area contributed by atoms with Crippen molar-refractivity contribution < 1.29 is 19.0 Å². The van der Waals surface area contributed by atoms with Gasteiger partial charge >= 0.3 is 6.16 Å². The van der Waals surface area contributed by atoms with Crippen LogP contribution in [0, 0.1) is 0 Å². The van der Waals surface area contributed by atoms with E-state index < -0.39 is 6.16 Å². The molecular formula is C17H19O4S+.